The van der Waals surface area contributed by atoms with Crippen LogP contribution >= 0.6 is 0 Å². The first kappa shape index (κ1) is 34.3. The van der Waals surface area contributed by atoms with Gasteiger partial charge in [-0.1, -0.05) is 51.2 Å². The second-order valence-corrected chi connectivity index (χ2v) is 9.98. The molecular weight excluding hydrogens is 552 g/mol. The second-order valence-electron chi connectivity index (χ2n) is 9.98. The van der Waals surface area contributed by atoms with Crippen LogP contribution in [0.2, 0.25) is 0 Å². The van der Waals surface area contributed by atoms with Gasteiger partial charge in [0.1, 0.15) is 12.7 Å². The van der Waals surface area contributed by atoms with Crippen LogP contribution in [0.5, 0.6) is 11.5 Å². The van der Waals surface area contributed by atoms with Gasteiger partial charge in [-0.05, 0) is 18.6 Å². The molecule has 5 atom stereocenters. The zero-order chi connectivity index (χ0) is 31.1. The number of hydrogen-bond acceptors (Lipinski definition) is 11. The molecule has 3 N–H and O–H groups in total. The van der Waals surface area contributed by atoms with Gasteiger partial charge in [0.2, 0.25) is 12.2 Å². The van der Waals surface area contributed by atoms with Gasteiger partial charge in [-0.3, -0.25) is 19.2 Å². The summed E-state index contributed by atoms with van der Waals surface area (Å²) in [7, 11) is 0. The Kier molecular flexibility index (Phi) is 14.6. The zero-order valence-corrected chi connectivity index (χ0v) is 24.6. The van der Waals surface area contributed by atoms with Gasteiger partial charge in [-0.2, -0.15) is 0 Å². The zero-order valence-electron chi connectivity index (χ0n) is 24.6. The lowest BCUT2D eigenvalue weighted by Crippen LogP contribution is -2.60. The van der Waals surface area contributed by atoms with Crippen LogP contribution in [0.4, 0.5) is 4.79 Å². The van der Waals surface area contributed by atoms with E-state index in [1.807, 2.05) is 0 Å². The first-order valence-electron chi connectivity index (χ1n) is 14.1. The molecule has 1 aromatic rings. The molecule has 13 nitrogen and oxygen atoms in total. The third-order valence-corrected chi connectivity index (χ3v) is 6.36. The molecule has 13 heteroatoms. The quantitative estimate of drug-likeness (QED) is 0.163. The molecule has 1 aromatic carbocycles. The normalized spacial score (nSPS) is 21.5. The Morgan fingerprint density at radius 1 is 0.857 bits per heavy atom. The topological polar surface area (TPSA) is 179 Å². The number of carbonyl (C=O) groups excluding carboxylic acids is 5. The summed E-state index contributed by atoms with van der Waals surface area (Å²) in [6.45, 7) is 5.68. The van der Waals surface area contributed by atoms with Crippen LogP contribution in [0.3, 0.4) is 0 Å². The standard InChI is InChI=1S/C29H42N2O11/c1-5-6-7-8-9-12-15-31-29(36)42-23-14-11-10-13-22(23)40-28-21(16-25(30)35)26(38-19(3)33)27(39-20(4)34)24(41-28)17-37-18(2)32/h10-11,13-14,21,24,26-28H,5-9,12,15-17H2,1-4H3,(H2,30,35)(H,31,36)/t21?,24?,26-,27+,28+/m0/s1. The smallest absolute Gasteiger partial charge is 0.412 e. The molecule has 0 aromatic heterocycles. The summed E-state index contributed by atoms with van der Waals surface area (Å²) in [4.78, 5) is 60.1. The van der Waals surface area contributed by atoms with Crippen molar-refractivity contribution < 1.29 is 52.4 Å². The highest BCUT2D eigenvalue weighted by atomic mass is 16.7. The molecule has 234 valence electrons. The predicted octanol–water partition coefficient (Wildman–Crippen LogP) is 3.16. The van der Waals surface area contributed by atoms with Crippen LogP contribution in [0.1, 0.15) is 72.6 Å². The maximum atomic E-state index is 12.5. The number of ether oxygens (including phenoxy) is 6. The molecule has 2 rings (SSSR count). The summed E-state index contributed by atoms with van der Waals surface area (Å²) in [5.41, 5.74) is 5.49. The molecule has 0 spiro atoms. The molecule has 0 radical (unpaired) electrons. The number of nitrogens with two attached hydrogens (primary N) is 1. The van der Waals surface area contributed by atoms with Crippen molar-refractivity contribution in [1.82, 2.24) is 5.32 Å². The number of hydrogen-bond donors (Lipinski definition) is 2. The van der Waals surface area contributed by atoms with E-state index >= 15 is 0 Å². The van der Waals surface area contributed by atoms with Crippen molar-refractivity contribution in [2.24, 2.45) is 11.7 Å². The summed E-state index contributed by atoms with van der Waals surface area (Å²) >= 11 is 0. The number of carbonyl (C=O) groups is 5. The van der Waals surface area contributed by atoms with E-state index in [0.29, 0.717) is 6.54 Å². The van der Waals surface area contributed by atoms with Crippen molar-refractivity contribution in [1.29, 1.82) is 0 Å². The molecule has 2 unspecified atom stereocenters. The molecule has 42 heavy (non-hydrogen) atoms. The third kappa shape index (κ3) is 11.9. The lowest BCUT2D eigenvalue weighted by atomic mass is 9.87. The van der Waals surface area contributed by atoms with Crippen molar-refractivity contribution in [3.63, 3.8) is 0 Å². The highest BCUT2D eigenvalue weighted by molar-refractivity contribution is 5.74. The van der Waals surface area contributed by atoms with Crippen molar-refractivity contribution >= 4 is 29.9 Å². The summed E-state index contributed by atoms with van der Waals surface area (Å²) in [5, 5.41) is 2.71. The Hall–Kier alpha value is -3.87. The largest absolute Gasteiger partial charge is 0.463 e. The van der Waals surface area contributed by atoms with Crippen molar-refractivity contribution in [3.8, 4) is 11.5 Å². The van der Waals surface area contributed by atoms with Crippen LogP contribution < -0.4 is 20.5 Å². The van der Waals surface area contributed by atoms with Gasteiger partial charge in [-0.15, -0.1) is 0 Å². The molecule has 0 saturated carbocycles. The molecule has 1 fully saturated rings. The van der Waals surface area contributed by atoms with Gasteiger partial charge in [0, 0.05) is 33.7 Å². The Bertz CT molecular complexity index is 1060. The fourth-order valence-corrected chi connectivity index (χ4v) is 4.52. The summed E-state index contributed by atoms with van der Waals surface area (Å²) in [6.07, 6.45) is 0.350. The van der Waals surface area contributed by atoms with E-state index in [4.69, 9.17) is 34.2 Å². The van der Waals surface area contributed by atoms with E-state index in [1.165, 1.54) is 25.5 Å². The first-order valence-corrected chi connectivity index (χ1v) is 14.1. The molecule has 1 aliphatic rings. The number of nitrogens with one attached hydrogen (secondary N) is 1. The summed E-state index contributed by atoms with van der Waals surface area (Å²) < 4.78 is 33.5. The maximum Gasteiger partial charge on any atom is 0.412 e. The molecule has 0 aliphatic carbocycles. The maximum absolute atomic E-state index is 12.5. The number of esters is 3. The Labute approximate surface area is 245 Å². The number of para-hydroxylation sites is 2. The number of unbranched alkanes of at least 4 members (excludes halogenated alkanes) is 5. The fraction of sp³-hybridized carbons (Fsp3) is 0.621. The first-order chi connectivity index (χ1) is 20.0. The summed E-state index contributed by atoms with van der Waals surface area (Å²) in [6, 6.07) is 6.28. The lowest BCUT2D eigenvalue weighted by Gasteiger charge is -2.44. The van der Waals surface area contributed by atoms with E-state index in [-0.39, 0.29) is 24.5 Å². The molecule has 2 amide bonds. The van der Waals surface area contributed by atoms with Crippen LogP contribution in [0, 0.1) is 5.92 Å². The number of rotatable bonds is 16. The van der Waals surface area contributed by atoms with Gasteiger partial charge in [0.25, 0.3) is 0 Å². The van der Waals surface area contributed by atoms with Crippen LogP contribution in [-0.4, -0.2) is 67.7 Å². The van der Waals surface area contributed by atoms with Gasteiger partial charge >= 0.3 is 24.0 Å². The monoisotopic (exact) mass is 594 g/mol. The van der Waals surface area contributed by atoms with Gasteiger partial charge < -0.3 is 39.5 Å². The molecule has 1 saturated heterocycles. The van der Waals surface area contributed by atoms with Gasteiger partial charge in [0.15, 0.2) is 23.7 Å². The van der Waals surface area contributed by atoms with E-state index in [2.05, 4.69) is 12.2 Å². The van der Waals surface area contributed by atoms with Gasteiger partial charge in [0.05, 0.1) is 5.92 Å². The average Bonchev–Trinajstić information content (AvgIpc) is 2.90. The second kappa shape index (κ2) is 17.8. The molecule has 1 heterocycles. The lowest BCUT2D eigenvalue weighted by molar-refractivity contribution is -0.270. The molecule has 0 bridgehead atoms. The fourth-order valence-electron chi connectivity index (χ4n) is 4.52. The minimum absolute atomic E-state index is 0.0575. The Morgan fingerprint density at radius 3 is 2.10 bits per heavy atom. The highest BCUT2D eigenvalue weighted by Crippen LogP contribution is 2.37. The van der Waals surface area contributed by atoms with E-state index < -0.39 is 60.4 Å². The Morgan fingerprint density at radius 2 is 1.48 bits per heavy atom. The third-order valence-electron chi connectivity index (χ3n) is 6.36. The molecular formula is C29H42N2O11. The number of amides is 2. The summed E-state index contributed by atoms with van der Waals surface area (Å²) in [5.74, 6) is -3.79. The van der Waals surface area contributed by atoms with Crippen LogP contribution in [0.15, 0.2) is 24.3 Å². The van der Waals surface area contributed by atoms with Crippen molar-refractivity contribution in [2.75, 3.05) is 13.2 Å². The van der Waals surface area contributed by atoms with Crippen molar-refractivity contribution in [2.45, 2.75) is 97.2 Å². The van der Waals surface area contributed by atoms with E-state index in [9.17, 15) is 24.0 Å². The minimum atomic E-state index is -1.33. The number of primary amides is 1. The van der Waals surface area contributed by atoms with Crippen LogP contribution in [-0.2, 0) is 38.1 Å². The van der Waals surface area contributed by atoms with Crippen LogP contribution in [0.25, 0.3) is 0 Å². The number of benzene rings is 1. The van der Waals surface area contributed by atoms with Crippen molar-refractivity contribution in [3.05, 3.63) is 24.3 Å². The molecule has 1 aliphatic heterocycles. The minimum Gasteiger partial charge on any atom is -0.463 e. The average molecular weight is 595 g/mol. The van der Waals surface area contributed by atoms with E-state index in [1.54, 1.807) is 12.1 Å². The SMILES string of the molecule is CCCCCCCCNC(=O)Oc1ccccc1O[C@@H]1OC(COC(C)=O)[C@@H](OC(C)=O)[C@@H](OC(C)=O)C1CC(N)=O. The predicted molar refractivity (Wildman–Crippen MR) is 148 cm³/mol. The highest BCUT2D eigenvalue weighted by Gasteiger charge is 2.52. The van der Waals surface area contributed by atoms with E-state index in [0.717, 1.165) is 46.0 Å². The van der Waals surface area contributed by atoms with Gasteiger partial charge in [-0.25, -0.2) is 4.79 Å². The Balaban J connectivity index is 2.26.